The molecule has 2 amide bonds. The van der Waals surface area contributed by atoms with Gasteiger partial charge in [-0.05, 0) is 30.7 Å². The van der Waals surface area contributed by atoms with E-state index in [0.29, 0.717) is 17.9 Å². The van der Waals surface area contributed by atoms with Gasteiger partial charge in [-0.3, -0.25) is 9.59 Å². The molecule has 0 saturated carbocycles. The molecule has 0 fully saturated rings. The molecule has 0 aliphatic carbocycles. The number of pyridine rings is 1. The van der Waals surface area contributed by atoms with E-state index in [-0.39, 0.29) is 18.4 Å². The molecule has 0 spiro atoms. The Bertz CT molecular complexity index is 1040. The first-order valence-electron chi connectivity index (χ1n) is 9.41. The van der Waals surface area contributed by atoms with Crippen molar-refractivity contribution in [3.05, 3.63) is 95.2 Å². The Hall–Kier alpha value is -3.51. The number of carbonyl (C=O) groups is 2. The molecule has 1 atom stereocenters. The Morgan fingerprint density at radius 3 is 2.59 bits per heavy atom. The molecule has 0 radical (unpaired) electrons. The number of nitrogens with zero attached hydrogens (tertiary/aromatic N) is 2. The minimum absolute atomic E-state index is 0.102. The summed E-state index contributed by atoms with van der Waals surface area (Å²) in [5.74, 6) is 0.0532. The fourth-order valence-corrected chi connectivity index (χ4v) is 3.40. The Kier molecular flexibility index (Phi) is 5.35. The van der Waals surface area contributed by atoms with Gasteiger partial charge >= 0.3 is 0 Å². The van der Waals surface area contributed by atoms with Crippen molar-refractivity contribution in [1.29, 1.82) is 0 Å². The maximum atomic E-state index is 12.9. The van der Waals surface area contributed by atoms with Crippen molar-refractivity contribution in [2.45, 2.75) is 19.7 Å². The fraction of sp³-hybridized carbons (Fsp3) is 0.174. The lowest BCUT2D eigenvalue weighted by Crippen LogP contribution is -2.31. The third kappa shape index (κ3) is 4.17. The topological polar surface area (TPSA) is 71.5 Å². The van der Waals surface area contributed by atoms with E-state index in [4.69, 9.17) is 4.74 Å². The summed E-state index contributed by atoms with van der Waals surface area (Å²) >= 11 is 0. The van der Waals surface area contributed by atoms with Crippen molar-refractivity contribution >= 4 is 17.6 Å². The first kappa shape index (κ1) is 18.8. The zero-order valence-corrected chi connectivity index (χ0v) is 16.0. The first-order chi connectivity index (χ1) is 14.1. The highest BCUT2D eigenvalue weighted by Gasteiger charge is 2.37. The number of hydrogen-bond donors (Lipinski definition) is 1. The van der Waals surface area contributed by atoms with Crippen LogP contribution in [0, 0.1) is 6.92 Å². The quantitative estimate of drug-likeness (QED) is 0.700. The largest absolute Gasteiger partial charge is 0.344 e. The molecule has 29 heavy (non-hydrogen) atoms. The summed E-state index contributed by atoms with van der Waals surface area (Å²) in [6.07, 6.45) is -0.616. The molecule has 2 aromatic carbocycles. The standard InChI is InChI=1S/C23H21N3O3/c1-16-8-7-13-20(24-16)25-21(27)15-29-23-19-12-6-5-11-18(19)22(28)26(23)14-17-9-3-2-4-10-17/h2-13,23H,14-15H2,1H3,(H,24,25,27). The van der Waals surface area contributed by atoms with Gasteiger partial charge in [0.1, 0.15) is 12.4 Å². The number of anilines is 1. The Morgan fingerprint density at radius 1 is 1.03 bits per heavy atom. The molecule has 1 aliphatic rings. The van der Waals surface area contributed by atoms with Crippen molar-refractivity contribution in [1.82, 2.24) is 9.88 Å². The lowest BCUT2D eigenvalue weighted by Gasteiger charge is -2.25. The van der Waals surface area contributed by atoms with Crippen molar-refractivity contribution < 1.29 is 14.3 Å². The van der Waals surface area contributed by atoms with Crippen LogP contribution in [0.2, 0.25) is 0 Å². The molecule has 146 valence electrons. The average Bonchev–Trinajstić information content (AvgIpc) is 2.99. The van der Waals surface area contributed by atoms with Gasteiger partial charge in [0.05, 0.1) is 0 Å². The van der Waals surface area contributed by atoms with Crippen LogP contribution in [-0.2, 0) is 16.1 Å². The van der Waals surface area contributed by atoms with Crippen LogP contribution in [-0.4, -0.2) is 28.3 Å². The molecule has 3 aromatic rings. The number of amides is 2. The summed E-state index contributed by atoms with van der Waals surface area (Å²) < 4.78 is 5.91. The summed E-state index contributed by atoms with van der Waals surface area (Å²) in [6.45, 7) is 2.07. The fourth-order valence-electron chi connectivity index (χ4n) is 3.40. The van der Waals surface area contributed by atoms with E-state index in [9.17, 15) is 9.59 Å². The normalized spacial score (nSPS) is 15.3. The van der Waals surface area contributed by atoms with Crippen molar-refractivity contribution in [3.8, 4) is 0 Å². The highest BCUT2D eigenvalue weighted by molar-refractivity contribution is 5.99. The highest BCUT2D eigenvalue weighted by atomic mass is 16.5. The van der Waals surface area contributed by atoms with Crippen LogP contribution in [0.3, 0.4) is 0 Å². The highest BCUT2D eigenvalue weighted by Crippen LogP contribution is 2.35. The second-order valence-electron chi connectivity index (χ2n) is 6.88. The number of ether oxygens (including phenoxy) is 1. The van der Waals surface area contributed by atoms with Gasteiger partial charge in [0.2, 0.25) is 0 Å². The van der Waals surface area contributed by atoms with Crippen LogP contribution in [0.1, 0.15) is 33.4 Å². The maximum Gasteiger partial charge on any atom is 0.256 e. The van der Waals surface area contributed by atoms with E-state index in [1.807, 2.05) is 67.6 Å². The smallest absolute Gasteiger partial charge is 0.256 e. The summed E-state index contributed by atoms with van der Waals surface area (Å²) in [5, 5.41) is 2.73. The first-order valence-corrected chi connectivity index (χ1v) is 9.41. The number of rotatable bonds is 6. The molecule has 2 heterocycles. The number of hydrogen-bond acceptors (Lipinski definition) is 4. The number of benzene rings is 2. The third-order valence-electron chi connectivity index (χ3n) is 4.73. The number of fused-ring (bicyclic) bond motifs is 1. The maximum absolute atomic E-state index is 12.9. The average molecular weight is 387 g/mol. The van der Waals surface area contributed by atoms with Crippen LogP contribution in [0.4, 0.5) is 5.82 Å². The summed E-state index contributed by atoms with van der Waals surface area (Å²) in [7, 11) is 0. The van der Waals surface area contributed by atoms with Crippen LogP contribution < -0.4 is 5.32 Å². The van der Waals surface area contributed by atoms with Gasteiger partial charge in [-0.25, -0.2) is 4.98 Å². The van der Waals surface area contributed by atoms with Gasteiger partial charge < -0.3 is 15.0 Å². The molecular weight excluding hydrogens is 366 g/mol. The van der Waals surface area contributed by atoms with Gasteiger partial charge in [0.25, 0.3) is 11.8 Å². The van der Waals surface area contributed by atoms with Crippen molar-refractivity contribution in [2.75, 3.05) is 11.9 Å². The second kappa shape index (κ2) is 8.24. The molecule has 1 aromatic heterocycles. The van der Waals surface area contributed by atoms with Gasteiger partial charge in [-0.1, -0.05) is 54.6 Å². The number of carbonyl (C=O) groups excluding carboxylic acids is 2. The van der Waals surface area contributed by atoms with Gasteiger partial charge in [0.15, 0.2) is 6.23 Å². The van der Waals surface area contributed by atoms with E-state index in [1.165, 1.54) is 0 Å². The predicted molar refractivity (Wildman–Crippen MR) is 109 cm³/mol. The van der Waals surface area contributed by atoms with Crippen LogP contribution in [0.5, 0.6) is 0 Å². The molecule has 1 aliphatic heterocycles. The summed E-state index contributed by atoms with van der Waals surface area (Å²) in [5.41, 5.74) is 3.19. The number of aryl methyl sites for hydroxylation is 1. The second-order valence-corrected chi connectivity index (χ2v) is 6.88. The van der Waals surface area contributed by atoms with Crippen molar-refractivity contribution in [2.24, 2.45) is 0 Å². The molecular formula is C23H21N3O3. The van der Waals surface area contributed by atoms with E-state index in [2.05, 4.69) is 10.3 Å². The number of aromatic nitrogens is 1. The molecule has 4 rings (SSSR count). The zero-order valence-electron chi connectivity index (χ0n) is 16.0. The van der Waals surface area contributed by atoms with E-state index < -0.39 is 6.23 Å². The number of nitrogens with one attached hydrogen (secondary N) is 1. The van der Waals surface area contributed by atoms with Crippen LogP contribution >= 0.6 is 0 Å². The van der Waals surface area contributed by atoms with E-state index in [0.717, 1.165) is 16.8 Å². The third-order valence-corrected chi connectivity index (χ3v) is 4.73. The van der Waals surface area contributed by atoms with Gasteiger partial charge in [-0.2, -0.15) is 0 Å². The Labute approximate surface area is 169 Å². The monoisotopic (exact) mass is 387 g/mol. The van der Waals surface area contributed by atoms with Crippen LogP contribution in [0.15, 0.2) is 72.8 Å². The Morgan fingerprint density at radius 2 is 1.79 bits per heavy atom. The molecule has 1 unspecified atom stereocenters. The summed E-state index contributed by atoms with van der Waals surface area (Å²) in [4.78, 5) is 31.2. The van der Waals surface area contributed by atoms with Gasteiger partial charge in [-0.15, -0.1) is 0 Å². The van der Waals surface area contributed by atoms with Gasteiger partial charge in [0, 0.05) is 23.4 Å². The van der Waals surface area contributed by atoms with E-state index >= 15 is 0 Å². The summed E-state index contributed by atoms with van der Waals surface area (Å²) in [6, 6.07) is 22.5. The molecule has 0 bridgehead atoms. The Balaban J connectivity index is 1.49. The zero-order chi connectivity index (χ0) is 20.2. The molecule has 6 nitrogen and oxygen atoms in total. The predicted octanol–water partition coefficient (Wildman–Crippen LogP) is 3.70. The SMILES string of the molecule is Cc1cccc(NC(=O)COC2c3ccccc3C(=O)N2Cc2ccccc2)n1. The van der Waals surface area contributed by atoms with Crippen molar-refractivity contribution in [3.63, 3.8) is 0 Å². The lowest BCUT2D eigenvalue weighted by atomic mass is 10.1. The minimum Gasteiger partial charge on any atom is -0.344 e. The van der Waals surface area contributed by atoms with Crippen LogP contribution in [0.25, 0.3) is 0 Å². The molecule has 0 saturated heterocycles. The minimum atomic E-state index is -0.616. The molecule has 1 N–H and O–H groups in total. The lowest BCUT2D eigenvalue weighted by molar-refractivity contribution is -0.126. The molecule has 6 heteroatoms. The van der Waals surface area contributed by atoms with E-state index in [1.54, 1.807) is 17.0 Å².